The second-order valence-corrected chi connectivity index (χ2v) is 7.80. The van der Waals surface area contributed by atoms with Gasteiger partial charge in [0.25, 0.3) is 5.56 Å². The van der Waals surface area contributed by atoms with Crippen molar-refractivity contribution in [2.75, 3.05) is 5.43 Å². The van der Waals surface area contributed by atoms with Crippen LogP contribution in [0.25, 0.3) is 11.2 Å². The van der Waals surface area contributed by atoms with Crippen LogP contribution in [0.4, 0.5) is 5.95 Å². The molecule has 0 aliphatic rings. The fourth-order valence-corrected chi connectivity index (χ4v) is 3.16. The third kappa shape index (κ3) is 4.13. The lowest BCUT2D eigenvalue weighted by molar-refractivity contribution is 0.474. The second-order valence-electron chi connectivity index (χ2n) is 6.29. The van der Waals surface area contributed by atoms with Gasteiger partial charge in [0.05, 0.1) is 6.21 Å². The van der Waals surface area contributed by atoms with Gasteiger partial charge < -0.3 is 5.11 Å². The molecule has 152 valence electrons. The van der Waals surface area contributed by atoms with Crippen molar-refractivity contribution in [2.24, 2.45) is 19.2 Å². The van der Waals surface area contributed by atoms with E-state index in [0.29, 0.717) is 10.6 Å². The first-order valence-corrected chi connectivity index (χ1v) is 9.64. The van der Waals surface area contributed by atoms with Crippen LogP contribution < -0.4 is 16.7 Å². The summed E-state index contributed by atoms with van der Waals surface area (Å²) in [4.78, 5) is 29.3. The van der Waals surface area contributed by atoms with Crippen LogP contribution in [0.15, 0.2) is 48.5 Å². The fraction of sp³-hybridized carbons (Fsp3) is 0.222. The zero-order chi connectivity index (χ0) is 21.3. The van der Waals surface area contributed by atoms with Crippen molar-refractivity contribution >= 4 is 50.9 Å². The number of phenols is 1. The summed E-state index contributed by atoms with van der Waals surface area (Å²) in [6.07, 6.45) is 3.13. The van der Waals surface area contributed by atoms with Crippen molar-refractivity contribution in [3.8, 4) is 5.75 Å². The smallest absolute Gasteiger partial charge is 0.332 e. The third-order valence-electron chi connectivity index (χ3n) is 4.26. The molecule has 0 unspecified atom stereocenters. The van der Waals surface area contributed by atoms with Crippen molar-refractivity contribution in [2.45, 2.75) is 13.5 Å². The predicted octanol–water partition coefficient (Wildman–Crippen LogP) is 2.49. The molecule has 29 heavy (non-hydrogen) atoms. The van der Waals surface area contributed by atoms with E-state index in [0.717, 1.165) is 9.04 Å². The minimum absolute atomic E-state index is 0.0595. The molecule has 0 atom stereocenters. The number of allylic oxidation sites excluding steroid dienone is 2. The lowest BCUT2D eigenvalue weighted by Gasteiger charge is -2.07. The average molecular weight is 482 g/mol. The molecule has 0 spiro atoms. The van der Waals surface area contributed by atoms with E-state index in [2.05, 4.69) is 31.4 Å². The highest BCUT2D eigenvalue weighted by molar-refractivity contribution is 9.10. The molecule has 0 bridgehead atoms. The van der Waals surface area contributed by atoms with Crippen LogP contribution >= 0.6 is 27.5 Å². The number of anilines is 1. The zero-order valence-corrected chi connectivity index (χ0v) is 18.2. The van der Waals surface area contributed by atoms with Crippen LogP contribution in [0.1, 0.15) is 12.5 Å². The van der Waals surface area contributed by atoms with Gasteiger partial charge in [-0.1, -0.05) is 33.6 Å². The standard InChI is InChI=1S/C18H18BrClN6O3/c1-10(20)6-7-26-14-15(24(2)18(29)25(3)16(14)28)22-17(26)23-21-9-11-8-12(19)4-5-13(11)27/h4-6,8-9,27H,7H2,1-3H3,(H,22,23). The number of hydrogen-bond donors (Lipinski definition) is 2. The third-order valence-corrected chi connectivity index (χ3v) is 4.91. The molecular weight excluding hydrogens is 464 g/mol. The lowest BCUT2D eigenvalue weighted by Crippen LogP contribution is -2.37. The summed E-state index contributed by atoms with van der Waals surface area (Å²) < 4.78 is 4.68. The van der Waals surface area contributed by atoms with Crippen LogP contribution in [0.2, 0.25) is 0 Å². The van der Waals surface area contributed by atoms with Crippen molar-refractivity contribution in [3.63, 3.8) is 0 Å². The number of imidazole rings is 1. The first-order valence-electron chi connectivity index (χ1n) is 8.46. The maximum absolute atomic E-state index is 12.7. The SMILES string of the molecule is CC(Cl)=CCn1c(NN=Cc2cc(Br)ccc2O)nc2c1c(=O)n(C)c(=O)n2C. The minimum Gasteiger partial charge on any atom is -0.507 e. The van der Waals surface area contributed by atoms with E-state index in [1.165, 1.54) is 30.9 Å². The molecule has 0 fully saturated rings. The molecule has 2 N–H and O–H groups in total. The second kappa shape index (κ2) is 8.26. The van der Waals surface area contributed by atoms with Crippen molar-refractivity contribution in [3.05, 3.63) is 60.2 Å². The molecule has 0 saturated heterocycles. The number of nitrogens with one attached hydrogen (secondary N) is 1. The monoisotopic (exact) mass is 480 g/mol. The molecule has 1 aromatic carbocycles. The summed E-state index contributed by atoms with van der Waals surface area (Å²) in [6, 6.07) is 4.94. The molecule has 3 aromatic rings. The van der Waals surface area contributed by atoms with Crippen LogP contribution in [-0.4, -0.2) is 30.0 Å². The molecule has 2 heterocycles. The molecule has 0 aliphatic carbocycles. The highest BCUT2D eigenvalue weighted by Crippen LogP contribution is 2.21. The summed E-state index contributed by atoms with van der Waals surface area (Å²) in [5.74, 6) is 0.308. The molecule has 0 radical (unpaired) electrons. The number of phenolic OH excluding ortho intramolecular Hbond substituents is 1. The number of halogens is 2. The number of benzene rings is 1. The van der Waals surface area contributed by atoms with Gasteiger partial charge in [0.15, 0.2) is 11.2 Å². The minimum atomic E-state index is -0.481. The first kappa shape index (κ1) is 20.9. The number of fused-ring (bicyclic) bond motifs is 1. The Kier molecular flexibility index (Phi) is 5.94. The van der Waals surface area contributed by atoms with E-state index in [1.807, 2.05) is 0 Å². The van der Waals surface area contributed by atoms with Crippen molar-refractivity contribution in [1.82, 2.24) is 18.7 Å². The van der Waals surface area contributed by atoms with E-state index in [1.54, 1.807) is 29.7 Å². The Morgan fingerprint density at radius 3 is 2.76 bits per heavy atom. The first-order chi connectivity index (χ1) is 13.7. The average Bonchev–Trinajstić information content (AvgIpc) is 3.04. The maximum Gasteiger partial charge on any atom is 0.332 e. The van der Waals surface area contributed by atoms with Gasteiger partial charge in [0.2, 0.25) is 5.95 Å². The van der Waals surface area contributed by atoms with Crippen LogP contribution in [0.3, 0.4) is 0 Å². The topological polar surface area (TPSA) is 106 Å². The van der Waals surface area contributed by atoms with Crippen LogP contribution in [-0.2, 0) is 20.6 Å². The number of hydrogen-bond acceptors (Lipinski definition) is 6. The largest absolute Gasteiger partial charge is 0.507 e. The Balaban J connectivity index is 2.11. The van der Waals surface area contributed by atoms with Gasteiger partial charge in [-0.3, -0.25) is 18.5 Å². The quantitative estimate of drug-likeness (QED) is 0.430. The molecule has 3 rings (SSSR count). The Hall–Kier alpha value is -2.85. The Bertz CT molecular complexity index is 1270. The predicted molar refractivity (Wildman–Crippen MR) is 117 cm³/mol. The van der Waals surface area contributed by atoms with E-state index in [9.17, 15) is 14.7 Å². The zero-order valence-electron chi connectivity index (χ0n) is 15.8. The molecule has 9 nitrogen and oxygen atoms in total. The van der Waals surface area contributed by atoms with Crippen molar-refractivity contribution in [1.29, 1.82) is 0 Å². The number of aromatic nitrogens is 4. The van der Waals surface area contributed by atoms with Gasteiger partial charge in [-0.05, 0) is 25.1 Å². The Morgan fingerprint density at radius 1 is 1.34 bits per heavy atom. The van der Waals surface area contributed by atoms with Crippen molar-refractivity contribution < 1.29 is 5.11 Å². The molecule has 0 saturated carbocycles. The van der Waals surface area contributed by atoms with Crippen LogP contribution in [0.5, 0.6) is 5.75 Å². The number of aryl methyl sites for hydroxylation is 1. The maximum atomic E-state index is 12.7. The van der Waals surface area contributed by atoms with E-state index >= 15 is 0 Å². The summed E-state index contributed by atoms with van der Waals surface area (Å²) in [5.41, 5.74) is 2.77. The number of nitrogens with zero attached hydrogens (tertiary/aromatic N) is 5. The Morgan fingerprint density at radius 2 is 2.07 bits per heavy atom. The van der Waals surface area contributed by atoms with Gasteiger partial charge in [0, 0.05) is 35.7 Å². The summed E-state index contributed by atoms with van der Waals surface area (Å²) in [5, 5.41) is 14.6. The molecule has 0 amide bonds. The molecule has 0 aliphatic heterocycles. The number of hydrazone groups is 1. The fourth-order valence-electron chi connectivity index (χ4n) is 2.72. The molecule has 2 aromatic heterocycles. The van der Waals surface area contributed by atoms with Gasteiger partial charge >= 0.3 is 5.69 Å². The van der Waals surface area contributed by atoms with Gasteiger partial charge in [0.1, 0.15) is 5.75 Å². The number of aromatic hydroxyl groups is 1. The van der Waals surface area contributed by atoms with E-state index in [4.69, 9.17) is 11.6 Å². The summed E-state index contributed by atoms with van der Waals surface area (Å²) in [6.45, 7) is 1.97. The normalized spacial score (nSPS) is 12.2. The van der Waals surface area contributed by atoms with Crippen LogP contribution in [0, 0.1) is 0 Å². The van der Waals surface area contributed by atoms with Gasteiger partial charge in [-0.25, -0.2) is 10.2 Å². The molecule has 11 heteroatoms. The number of rotatable bonds is 5. The summed E-state index contributed by atoms with van der Waals surface area (Å²) in [7, 11) is 2.95. The van der Waals surface area contributed by atoms with Gasteiger partial charge in [-0.15, -0.1) is 0 Å². The van der Waals surface area contributed by atoms with Gasteiger partial charge in [-0.2, -0.15) is 10.1 Å². The van der Waals surface area contributed by atoms with E-state index in [-0.39, 0.29) is 29.4 Å². The van der Waals surface area contributed by atoms with E-state index < -0.39 is 11.2 Å². The molecular formula is C18H18BrClN6O3. The lowest BCUT2D eigenvalue weighted by atomic mass is 10.2. The highest BCUT2D eigenvalue weighted by Gasteiger charge is 2.18. The highest BCUT2D eigenvalue weighted by atomic mass is 79.9. The Labute approximate surface area is 178 Å². The summed E-state index contributed by atoms with van der Waals surface area (Å²) >= 11 is 9.28.